The number of morpholine rings is 1. The first-order valence-corrected chi connectivity index (χ1v) is 5.98. The summed E-state index contributed by atoms with van der Waals surface area (Å²) in [6, 6.07) is 6.04. The van der Waals surface area contributed by atoms with Gasteiger partial charge in [0, 0.05) is 13.1 Å². The van der Waals surface area contributed by atoms with Crippen LogP contribution in [0, 0.1) is 6.92 Å². The van der Waals surface area contributed by atoms with Crippen molar-refractivity contribution < 1.29 is 9.84 Å². The third kappa shape index (κ3) is 2.53. The van der Waals surface area contributed by atoms with Gasteiger partial charge in [-0.15, -0.1) is 0 Å². The highest BCUT2D eigenvalue weighted by molar-refractivity contribution is 5.71. The van der Waals surface area contributed by atoms with Crippen molar-refractivity contribution in [2.75, 3.05) is 30.3 Å². The summed E-state index contributed by atoms with van der Waals surface area (Å²) in [4.78, 5) is 2.19. The molecule has 1 heterocycles. The van der Waals surface area contributed by atoms with Gasteiger partial charge in [0.15, 0.2) is 0 Å². The summed E-state index contributed by atoms with van der Waals surface area (Å²) in [5.74, 6) is 0. The van der Waals surface area contributed by atoms with Crippen LogP contribution in [0.3, 0.4) is 0 Å². The molecule has 1 aromatic rings. The lowest BCUT2D eigenvalue weighted by Crippen LogP contribution is -2.48. The quantitative estimate of drug-likeness (QED) is 0.757. The predicted octanol–water partition coefficient (Wildman–Crippen LogP) is 1.16. The fraction of sp³-hybridized carbons (Fsp3) is 0.538. The van der Waals surface area contributed by atoms with E-state index in [2.05, 4.69) is 4.90 Å². The van der Waals surface area contributed by atoms with Crippen molar-refractivity contribution in [3.8, 4) is 0 Å². The standard InChI is InChI=1S/C13H20N2O2/c1-9-4-3-5-12(13(9)14)15-6-10(2)17-11(7-15)8-16/h3-5,10-11,16H,6-8,14H2,1-2H3. The van der Waals surface area contributed by atoms with Crippen molar-refractivity contribution in [3.63, 3.8) is 0 Å². The minimum Gasteiger partial charge on any atom is -0.397 e. The van der Waals surface area contributed by atoms with E-state index < -0.39 is 0 Å². The van der Waals surface area contributed by atoms with Crippen LogP contribution in [0.2, 0.25) is 0 Å². The first-order chi connectivity index (χ1) is 8.11. The Kier molecular flexibility index (Phi) is 3.54. The fourth-order valence-electron chi connectivity index (χ4n) is 2.28. The first-order valence-electron chi connectivity index (χ1n) is 5.98. The third-order valence-corrected chi connectivity index (χ3v) is 3.17. The van der Waals surface area contributed by atoms with Gasteiger partial charge in [-0.05, 0) is 25.5 Å². The maximum Gasteiger partial charge on any atom is 0.0984 e. The highest BCUT2D eigenvalue weighted by Crippen LogP contribution is 2.28. The molecular weight excluding hydrogens is 216 g/mol. The zero-order chi connectivity index (χ0) is 12.4. The van der Waals surface area contributed by atoms with Crippen LogP contribution in [0.15, 0.2) is 18.2 Å². The van der Waals surface area contributed by atoms with Gasteiger partial charge in [-0.2, -0.15) is 0 Å². The SMILES string of the molecule is Cc1cccc(N2CC(C)OC(CO)C2)c1N. The van der Waals surface area contributed by atoms with Crippen LogP contribution in [0.5, 0.6) is 0 Å². The van der Waals surface area contributed by atoms with E-state index in [4.69, 9.17) is 10.5 Å². The second-order valence-electron chi connectivity index (χ2n) is 4.66. The molecule has 0 aliphatic carbocycles. The minimum atomic E-state index is -0.126. The Balaban J connectivity index is 2.23. The maximum absolute atomic E-state index is 9.21. The Morgan fingerprint density at radius 3 is 2.94 bits per heavy atom. The molecule has 17 heavy (non-hydrogen) atoms. The van der Waals surface area contributed by atoms with Gasteiger partial charge in [-0.1, -0.05) is 12.1 Å². The molecule has 4 nitrogen and oxygen atoms in total. The Hall–Kier alpha value is -1.26. The van der Waals surface area contributed by atoms with Gasteiger partial charge >= 0.3 is 0 Å². The van der Waals surface area contributed by atoms with Crippen LogP contribution in [0.1, 0.15) is 12.5 Å². The average molecular weight is 236 g/mol. The Labute approximate surface area is 102 Å². The van der Waals surface area contributed by atoms with Crippen LogP contribution >= 0.6 is 0 Å². The van der Waals surface area contributed by atoms with Crippen LogP contribution in [-0.4, -0.2) is 37.0 Å². The number of rotatable bonds is 2. The van der Waals surface area contributed by atoms with Crippen LogP contribution in [-0.2, 0) is 4.74 Å². The van der Waals surface area contributed by atoms with E-state index in [1.807, 2.05) is 32.0 Å². The van der Waals surface area contributed by atoms with Crippen molar-refractivity contribution in [3.05, 3.63) is 23.8 Å². The van der Waals surface area contributed by atoms with E-state index in [1.165, 1.54) is 0 Å². The minimum absolute atomic E-state index is 0.0482. The van der Waals surface area contributed by atoms with Crippen molar-refractivity contribution in [1.29, 1.82) is 0 Å². The van der Waals surface area contributed by atoms with Gasteiger partial charge < -0.3 is 20.5 Å². The highest BCUT2D eigenvalue weighted by atomic mass is 16.5. The zero-order valence-corrected chi connectivity index (χ0v) is 10.4. The number of nitrogens with zero attached hydrogens (tertiary/aromatic N) is 1. The number of aryl methyl sites for hydroxylation is 1. The number of hydrogen-bond acceptors (Lipinski definition) is 4. The molecule has 94 valence electrons. The number of aliphatic hydroxyl groups is 1. The monoisotopic (exact) mass is 236 g/mol. The second kappa shape index (κ2) is 4.94. The number of benzene rings is 1. The summed E-state index contributed by atoms with van der Waals surface area (Å²) in [7, 11) is 0. The first kappa shape index (κ1) is 12.2. The normalized spacial score (nSPS) is 25.0. The molecule has 0 spiro atoms. The summed E-state index contributed by atoms with van der Waals surface area (Å²) in [6.45, 7) is 5.57. The zero-order valence-electron chi connectivity index (χ0n) is 10.4. The van der Waals surface area contributed by atoms with Crippen LogP contribution < -0.4 is 10.6 Å². The number of nitrogen functional groups attached to an aromatic ring is 1. The summed E-state index contributed by atoms with van der Waals surface area (Å²) >= 11 is 0. The summed E-state index contributed by atoms with van der Waals surface area (Å²) in [5, 5.41) is 9.21. The Bertz CT molecular complexity index is 395. The predicted molar refractivity (Wildman–Crippen MR) is 69.2 cm³/mol. The van der Waals surface area contributed by atoms with Gasteiger partial charge in [0.05, 0.1) is 30.2 Å². The van der Waals surface area contributed by atoms with Gasteiger partial charge in [0.1, 0.15) is 0 Å². The lowest BCUT2D eigenvalue weighted by Gasteiger charge is -2.38. The molecule has 2 unspecified atom stereocenters. The van der Waals surface area contributed by atoms with E-state index in [-0.39, 0.29) is 18.8 Å². The molecule has 0 amide bonds. The number of nitrogens with two attached hydrogens (primary N) is 1. The molecule has 4 heteroatoms. The number of ether oxygens (including phenoxy) is 1. The molecule has 1 aromatic carbocycles. The largest absolute Gasteiger partial charge is 0.397 e. The maximum atomic E-state index is 9.21. The van der Waals surface area contributed by atoms with Gasteiger partial charge in [-0.3, -0.25) is 0 Å². The molecule has 1 fully saturated rings. The highest BCUT2D eigenvalue weighted by Gasteiger charge is 2.25. The number of aliphatic hydroxyl groups excluding tert-OH is 1. The van der Waals surface area contributed by atoms with E-state index in [1.54, 1.807) is 0 Å². The Morgan fingerprint density at radius 2 is 2.24 bits per heavy atom. The molecule has 0 saturated carbocycles. The molecule has 0 radical (unpaired) electrons. The van der Waals surface area contributed by atoms with E-state index >= 15 is 0 Å². The van der Waals surface area contributed by atoms with E-state index in [0.717, 1.165) is 23.5 Å². The number of hydrogen-bond donors (Lipinski definition) is 2. The smallest absolute Gasteiger partial charge is 0.0984 e. The molecule has 3 N–H and O–H groups in total. The van der Waals surface area contributed by atoms with Gasteiger partial charge in [0.2, 0.25) is 0 Å². The molecule has 1 saturated heterocycles. The van der Waals surface area contributed by atoms with Crippen LogP contribution in [0.4, 0.5) is 11.4 Å². The lowest BCUT2D eigenvalue weighted by atomic mass is 10.1. The van der Waals surface area contributed by atoms with E-state index in [0.29, 0.717) is 6.54 Å². The molecule has 1 aliphatic heterocycles. The molecule has 2 atom stereocenters. The average Bonchev–Trinajstić information content (AvgIpc) is 2.31. The van der Waals surface area contributed by atoms with Crippen molar-refractivity contribution in [2.24, 2.45) is 0 Å². The van der Waals surface area contributed by atoms with Gasteiger partial charge in [0.25, 0.3) is 0 Å². The Morgan fingerprint density at radius 1 is 1.47 bits per heavy atom. The molecule has 2 rings (SSSR count). The lowest BCUT2D eigenvalue weighted by molar-refractivity contribution is -0.0420. The number of para-hydroxylation sites is 1. The van der Waals surface area contributed by atoms with Crippen molar-refractivity contribution in [1.82, 2.24) is 0 Å². The van der Waals surface area contributed by atoms with Crippen molar-refractivity contribution >= 4 is 11.4 Å². The number of anilines is 2. The summed E-state index contributed by atoms with van der Waals surface area (Å²) in [6.07, 6.45) is -0.0144. The van der Waals surface area contributed by atoms with Crippen molar-refractivity contribution in [2.45, 2.75) is 26.1 Å². The molecule has 1 aliphatic rings. The van der Waals surface area contributed by atoms with Crippen LogP contribution in [0.25, 0.3) is 0 Å². The molecular formula is C13H20N2O2. The molecule has 0 aromatic heterocycles. The summed E-state index contributed by atoms with van der Waals surface area (Å²) < 4.78 is 5.62. The van der Waals surface area contributed by atoms with Gasteiger partial charge in [-0.25, -0.2) is 0 Å². The third-order valence-electron chi connectivity index (χ3n) is 3.17. The van der Waals surface area contributed by atoms with E-state index in [9.17, 15) is 5.11 Å². The second-order valence-corrected chi connectivity index (χ2v) is 4.66. The summed E-state index contributed by atoms with van der Waals surface area (Å²) in [5.41, 5.74) is 9.04. The topological polar surface area (TPSA) is 58.7 Å². The fourth-order valence-corrected chi connectivity index (χ4v) is 2.28. The molecule has 0 bridgehead atoms.